The monoisotopic (exact) mass is 154 g/mol. The minimum absolute atomic E-state index is 0.300. The molecule has 1 rings (SSSR count). The number of rotatable bonds is 4. The summed E-state index contributed by atoms with van der Waals surface area (Å²) < 4.78 is 0. The predicted octanol–water partition coefficient (Wildman–Crippen LogP) is 0.395. The topological polar surface area (TPSA) is 34.4 Å². The Morgan fingerprint density at radius 3 is 3.00 bits per heavy atom. The molecule has 1 heterocycles. The van der Waals surface area contributed by atoms with Gasteiger partial charge in [-0.1, -0.05) is 0 Å². The summed E-state index contributed by atoms with van der Waals surface area (Å²) in [5, 5.41) is 3.73. The van der Waals surface area contributed by atoms with E-state index in [0.29, 0.717) is 5.91 Å². The maximum Gasteiger partial charge on any atom is 0.222 e. The van der Waals surface area contributed by atoms with Gasteiger partial charge in [0.2, 0.25) is 5.91 Å². The molecule has 0 aromatic carbocycles. The Hall–Kier alpha value is -0.570. The second-order valence-electron chi connectivity index (χ2n) is 2.79. The van der Waals surface area contributed by atoms with Crippen molar-refractivity contribution in [3.63, 3.8) is 0 Å². The first-order valence-electron chi connectivity index (χ1n) is 4.05. The zero-order valence-corrected chi connectivity index (χ0v) is 6.75. The van der Waals surface area contributed by atoms with Crippen molar-refractivity contribution in [2.45, 2.75) is 19.3 Å². The first-order valence-corrected chi connectivity index (χ1v) is 4.05. The zero-order chi connectivity index (χ0) is 8.10. The average Bonchev–Trinajstić information content (AvgIpc) is 2.37. The first kappa shape index (κ1) is 8.53. The van der Waals surface area contributed by atoms with Crippen LogP contribution in [0.3, 0.4) is 0 Å². The van der Waals surface area contributed by atoms with Gasteiger partial charge in [0.15, 0.2) is 0 Å². The molecule has 11 heavy (non-hydrogen) atoms. The third-order valence-corrected chi connectivity index (χ3v) is 1.92. The lowest BCUT2D eigenvalue weighted by molar-refractivity contribution is -0.127. The number of amides is 1. The molecule has 0 aromatic heterocycles. The van der Waals surface area contributed by atoms with Gasteiger partial charge in [-0.15, -0.1) is 0 Å². The van der Waals surface area contributed by atoms with E-state index in [9.17, 15) is 4.79 Å². The van der Waals surface area contributed by atoms with Gasteiger partial charge >= 0.3 is 0 Å². The van der Waals surface area contributed by atoms with E-state index >= 15 is 0 Å². The maximum atomic E-state index is 11.0. The molecular formula is C8H14N2O-. The van der Waals surface area contributed by atoms with Crippen molar-refractivity contribution in [1.29, 1.82) is 0 Å². The van der Waals surface area contributed by atoms with Gasteiger partial charge < -0.3 is 10.2 Å². The minimum atomic E-state index is 0.300. The van der Waals surface area contributed by atoms with E-state index in [1.165, 1.54) is 0 Å². The fraction of sp³-hybridized carbons (Fsp3) is 0.750. The van der Waals surface area contributed by atoms with E-state index in [-0.39, 0.29) is 0 Å². The third kappa shape index (κ3) is 2.50. The van der Waals surface area contributed by atoms with Gasteiger partial charge in [0.1, 0.15) is 0 Å². The molecule has 1 amide bonds. The Morgan fingerprint density at radius 2 is 2.45 bits per heavy atom. The lowest BCUT2D eigenvalue weighted by Crippen LogP contribution is -2.26. The Kier molecular flexibility index (Phi) is 3.36. The number of carbonyl (C=O) groups is 1. The molecule has 1 aliphatic heterocycles. The molecule has 0 bridgehead atoms. The van der Waals surface area contributed by atoms with Crippen LogP contribution in [0.5, 0.6) is 0 Å². The molecule has 3 nitrogen and oxygen atoms in total. The van der Waals surface area contributed by atoms with Crippen molar-refractivity contribution >= 4 is 5.91 Å². The van der Waals surface area contributed by atoms with Crippen LogP contribution in [0.2, 0.25) is 0 Å². The normalized spacial score (nSPS) is 17.9. The Labute approximate surface area is 67.8 Å². The van der Waals surface area contributed by atoms with Gasteiger partial charge in [-0.25, -0.2) is 0 Å². The van der Waals surface area contributed by atoms with E-state index in [1.54, 1.807) is 0 Å². The first-order chi connectivity index (χ1) is 5.34. The van der Waals surface area contributed by atoms with Crippen molar-refractivity contribution in [2.24, 2.45) is 0 Å². The molecule has 0 spiro atoms. The number of hydrogen-bond donors (Lipinski definition) is 0. The van der Waals surface area contributed by atoms with Crippen LogP contribution in [0.4, 0.5) is 0 Å². The Balaban J connectivity index is 2.10. The van der Waals surface area contributed by atoms with E-state index in [1.807, 2.05) is 4.90 Å². The van der Waals surface area contributed by atoms with Crippen molar-refractivity contribution in [3.05, 3.63) is 7.05 Å². The highest BCUT2D eigenvalue weighted by atomic mass is 16.2. The summed E-state index contributed by atoms with van der Waals surface area (Å²) >= 11 is 0. The summed E-state index contributed by atoms with van der Waals surface area (Å²) in [5.41, 5.74) is 0. The van der Waals surface area contributed by atoms with Crippen molar-refractivity contribution < 1.29 is 4.79 Å². The molecule has 0 saturated carbocycles. The predicted molar refractivity (Wildman–Crippen MR) is 42.8 cm³/mol. The highest BCUT2D eigenvalue weighted by Crippen LogP contribution is 2.09. The highest BCUT2D eigenvalue weighted by Gasteiger charge is 2.18. The zero-order valence-electron chi connectivity index (χ0n) is 6.75. The highest BCUT2D eigenvalue weighted by molar-refractivity contribution is 5.77. The summed E-state index contributed by atoms with van der Waals surface area (Å²) in [6, 6.07) is 0. The molecule has 1 fully saturated rings. The number of carbonyl (C=O) groups excluding carboxylic acids is 1. The van der Waals surface area contributed by atoms with Gasteiger partial charge in [-0.2, -0.15) is 0 Å². The molecule has 1 radical (unpaired) electrons. The summed E-state index contributed by atoms with van der Waals surface area (Å²) in [7, 11) is 3.39. The van der Waals surface area contributed by atoms with E-state index in [2.05, 4.69) is 12.4 Å². The number of nitrogens with zero attached hydrogens (tertiary/aromatic N) is 2. The fourth-order valence-corrected chi connectivity index (χ4v) is 1.31. The maximum absolute atomic E-state index is 11.0. The van der Waals surface area contributed by atoms with Crippen LogP contribution >= 0.6 is 0 Å². The van der Waals surface area contributed by atoms with Gasteiger partial charge in [0, 0.05) is 19.5 Å². The summed E-state index contributed by atoms with van der Waals surface area (Å²) in [5.74, 6) is 0.300. The van der Waals surface area contributed by atoms with Gasteiger partial charge in [0.25, 0.3) is 0 Å². The van der Waals surface area contributed by atoms with Crippen LogP contribution in [0.15, 0.2) is 0 Å². The smallest absolute Gasteiger partial charge is 0.222 e. The largest absolute Gasteiger partial charge is 0.424 e. The average molecular weight is 154 g/mol. The fourth-order valence-electron chi connectivity index (χ4n) is 1.31. The van der Waals surface area contributed by atoms with Crippen molar-refractivity contribution in [3.8, 4) is 0 Å². The van der Waals surface area contributed by atoms with E-state index in [0.717, 1.165) is 38.9 Å². The standard InChI is InChI=1S/C8H14N2O/c1-9-5-3-7-10-6-2-4-8(10)11/h1-7H2/q-1. The van der Waals surface area contributed by atoms with Crippen LogP contribution in [-0.4, -0.2) is 30.4 Å². The van der Waals surface area contributed by atoms with Crippen LogP contribution in [0.25, 0.3) is 0 Å². The Morgan fingerprint density at radius 1 is 1.64 bits per heavy atom. The molecule has 0 unspecified atom stereocenters. The lowest BCUT2D eigenvalue weighted by Gasteiger charge is -2.15. The number of likely N-dealkylation sites (tertiary alicyclic amines) is 1. The number of hydrogen-bond acceptors (Lipinski definition) is 1. The minimum Gasteiger partial charge on any atom is -0.424 e. The van der Waals surface area contributed by atoms with Crippen molar-refractivity contribution in [2.75, 3.05) is 19.6 Å². The molecular weight excluding hydrogens is 140 g/mol. The van der Waals surface area contributed by atoms with Gasteiger partial charge in [-0.3, -0.25) is 11.8 Å². The Bertz CT molecular complexity index is 136. The molecule has 63 valence electrons. The molecule has 0 aromatic rings. The molecule has 0 atom stereocenters. The summed E-state index contributed by atoms with van der Waals surface area (Å²) in [6.45, 7) is 2.57. The second-order valence-corrected chi connectivity index (χ2v) is 2.79. The molecule has 0 N–H and O–H groups in total. The van der Waals surface area contributed by atoms with Crippen LogP contribution in [0.1, 0.15) is 19.3 Å². The third-order valence-electron chi connectivity index (χ3n) is 1.92. The second kappa shape index (κ2) is 4.34. The van der Waals surface area contributed by atoms with Gasteiger partial charge in [0.05, 0.1) is 0 Å². The molecule has 1 saturated heterocycles. The lowest BCUT2D eigenvalue weighted by atomic mass is 10.4. The molecule has 0 aliphatic carbocycles. The van der Waals surface area contributed by atoms with E-state index in [4.69, 9.17) is 0 Å². The quantitative estimate of drug-likeness (QED) is 0.426. The van der Waals surface area contributed by atoms with Crippen molar-refractivity contribution in [1.82, 2.24) is 10.2 Å². The van der Waals surface area contributed by atoms with Crippen LogP contribution in [-0.2, 0) is 4.79 Å². The van der Waals surface area contributed by atoms with Crippen LogP contribution in [0, 0.1) is 7.05 Å². The van der Waals surface area contributed by atoms with E-state index < -0.39 is 0 Å². The molecule has 1 aliphatic rings. The molecule has 3 heteroatoms. The van der Waals surface area contributed by atoms with Gasteiger partial charge in [-0.05, 0) is 19.4 Å². The summed E-state index contributed by atoms with van der Waals surface area (Å²) in [4.78, 5) is 13.0. The van der Waals surface area contributed by atoms with Crippen LogP contribution < -0.4 is 5.32 Å². The summed E-state index contributed by atoms with van der Waals surface area (Å²) in [6.07, 6.45) is 2.72. The SMILES string of the molecule is [CH2-][N]CCCN1CCCC1=O.